The molecule has 3 heterocycles. The maximum atomic E-state index is 13.1. The summed E-state index contributed by atoms with van der Waals surface area (Å²) >= 11 is 0. The molecule has 2 aromatic heterocycles. The van der Waals surface area contributed by atoms with Crippen molar-refractivity contribution in [1.82, 2.24) is 19.5 Å². The van der Waals surface area contributed by atoms with Gasteiger partial charge in [0.05, 0.1) is 17.7 Å². The first-order valence-corrected chi connectivity index (χ1v) is 8.36. The predicted octanol–water partition coefficient (Wildman–Crippen LogP) is 1.53. The van der Waals surface area contributed by atoms with Gasteiger partial charge in [-0.25, -0.2) is 9.50 Å². The summed E-state index contributed by atoms with van der Waals surface area (Å²) in [4.78, 5) is 19.2. The maximum absolute atomic E-state index is 13.1. The first-order valence-electron chi connectivity index (χ1n) is 8.36. The molecule has 1 aliphatic carbocycles. The number of hydrogen-bond acceptors (Lipinski definition) is 5. The number of likely N-dealkylation sites (tertiary alicyclic amines) is 1. The van der Waals surface area contributed by atoms with Crippen LogP contribution in [0.5, 0.6) is 0 Å². The Labute approximate surface area is 140 Å². The van der Waals surface area contributed by atoms with Crippen molar-refractivity contribution in [2.24, 2.45) is 0 Å². The maximum Gasteiger partial charge on any atom is 0.274 e. The summed E-state index contributed by atoms with van der Waals surface area (Å²) in [5.41, 5.74) is 0.860. The standard InChI is InChI=1S/C17H22N4O3/c1-23-12-4-5-17(24-2)6-9-20(14(17)10-12)16(22)13-11-15-18-7-3-8-21(15)19-13/h3,7-8,11-12,14H,4-6,9-10H2,1-2H3/t12-,14-,17+/m0/s1. The van der Waals surface area contributed by atoms with Gasteiger partial charge in [0.15, 0.2) is 11.3 Å². The predicted molar refractivity (Wildman–Crippen MR) is 86.8 cm³/mol. The first-order chi connectivity index (χ1) is 11.7. The summed E-state index contributed by atoms with van der Waals surface area (Å²) < 4.78 is 13.1. The van der Waals surface area contributed by atoms with E-state index in [4.69, 9.17) is 9.47 Å². The van der Waals surface area contributed by atoms with Gasteiger partial charge in [0.1, 0.15) is 0 Å². The smallest absolute Gasteiger partial charge is 0.274 e. The molecule has 0 aromatic carbocycles. The minimum atomic E-state index is -0.248. The van der Waals surface area contributed by atoms with Gasteiger partial charge in [-0.2, -0.15) is 5.10 Å². The van der Waals surface area contributed by atoms with Gasteiger partial charge in [-0.1, -0.05) is 0 Å². The Kier molecular flexibility index (Phi) is 3.77. The second-order valence-corrected chi connectivity index (χ2v) is 6.62. The lowest BCUT2D eigenvalue weighted by Gasteiger charge is -2.43. The molecule has 1 amide bonds. The second kappa shape index (κ2) is 5.82. The Balaban J connectivity index is 1.64. The highest BCUT2D eigenvalue weighted by Gasteiger charge is 2.52. The highest BCUT2D eigenvalue weighted by molar-refractivity contribution is 5.94. The third-order valence-corrected chi connectivity index (χ3v) is 5.59. The number of rotatable bonds is 3. The minimum absolute atomic E-state index is 0.0338. The van der Waals surface area contributed by atoms with Gasteiger partial charge in [0, 0.05) is 39.2 Å². The summed E-state index contributed by atoms with van der Waals surface area (Å²) in [7, 11) is 3.49. The molecule has 1 saturated carbocycles. The fraction of sp³-hybridized carbons (Fsp3) is 0.588. The zero-order valence-corrected chi connectivity index (χ0v) is 14.0. The summed E-state index contributed by atoms with van der Waals surface area (Å²) in [6, 6.07) is 3.57. The number of carbonyl (C=O) groups excluding carboxylic acids is 1. The van der Waals surface area contributed by atoms with Gasteiger partial charge in [-0.3, -0.25) is 4.79 Å². The normalized spacial score (nSPS) is 29.8. The molecule has 1 saturated heterocycles. The van der Waals surface area contributed by atoms with Crippen LogP contribution in [0.3, 0.4) is 0 Å². The van der Waals surface area contributed by atoms with E-state index >= 15 is 0 Å². The van der Waals surface area contributed by atoms with E-state index in [0.29, 0.717) is 17.9 Å². The zero-order chi connectivity index (χ0) is 16.7. The lowest BCUT2D eigenvalue weighted by Crippen LogP contribution is -2.53. The second-order valence-electron chi connectivity index (χ2n) is 6.62. The van der Waals surface area contributed by atoms with Gasteiger partial charge >= 0.3 is 0 Å². The van der Waals surface area contributed by atoms with Crippen molar-refractivity contribution >= 4 is 11.6 Å². The summed E-state index contributed by atoms with van der Waals surface area (Å²) in [5.74, 6) is -0.0545. The van der Waals surface area contributed by atoms with Crippen LogP contribution in [-0.2, 0) is 9.47 Å². The quantitative estimate of drug-likeness (QED) is 0.854. The number of amides is 1. The zero-order valence-electron chi connectivity index (χ0n) is 14.0. The molecule has 24 heavy (non-hydrogen) atoms. The molecule has 0 radical (unpaired) electrons. The molecule has 2 fully saturated rings. The third-order valence-electron chi connectivity index (χ3n) is 5.59. The fourth-order valence-corrected chi connectivity index (χ4v) is 4.20. The van der Waals surface area contributed by atoms with Crippen LogP contribution in [0.1, 0.15) is 36.2 Å². The van der Waals surface area contributed by atoms with E-state index in [0.717, 1.165) is 25.7 Å². The number of ether oxygens (including phenoxy) is 2. The summed E-state index contributed by atoms with van der Waals surface area (Å²) in [6.45, 7) is 0.690. The van der Waals surface area contributed by atoms with Crippen LogP contribution in [0.2, 0.25) is 0 Å². The lowest BCUT2D eigenvalue weighted by molar-refractivity contribution is -0.0894. The van der Waals surface area contributed by atoms with Crippen molar-refractivity contribution < 1.29 is 14.3 Å². The van der Waals surface area contributed by atoms with Crippen molar-refractivity contribution in [3.05, 3.63) is 30.2 Å². The Hall–Kier alpha value is -1.99. The van der Waals surface area contributed by atoms with E-state index in [1.165, 1.54) is 0 Å². The molecule has 1 aliphatic heterocycles. The monoisotopic (exact) mass is 330 g/mol. The van der Waals surface area contributed by atoms with Crippen molar-refractivity contribution in [2.75, 3.05) is 20.8 Å². The number of nitrogens with zero attached hydrogens (tertiary/aromatic N) is 4. The van der Waals surface area contributed by atoms with Crippen LogP contribution < -0.4 is 0 Å². The van der Waals surface area contributed by atoms with Crippen molar-refractivity contribution in [2.45, 2.75) is 43.4 Å². The van der Waals surface area contributed by atoms with Gasteiger partial charge in [0.2, 0.25) is 0 Å². The van der Waals surface area contributed by atoms with E-state index in [-0.39, 0.29) is 23.7 Å². The molecule has 7 nitrogen and oxygen atoms in total. The van der Waals surface area contributed by atoms with Gasteiger partial charge in [0.25, 0.3) is 5.91 Å². The molecule has 0 unspecified atom stereocenters. The Morgan fingerprint density at radius 1 is 1.38 bits per heavy atom. The van der Waals surface area contributed by atoms with Crippen LogP contribution in [-0.4, -0.2) is 63.9 Å². The van der Waals surface area contributed by atoms with Crippen molar-refractivity contribution in [1.29, 1.82) is 0 Å². The largest absolute Gasteiger partial charge is 0.381 e. The van der Waals surface area contributed by atoms with Crippen LogP contribution in [0.25, 0.3) is 5.65 Å². The summed E-state index contributed by atoms with van der Waals surface area (Å²) in [5, 5.41) is 4.37. The van der Waals surface area contributed by atoms with E-state index in [2.05, 4.69) is 10.1 Å². The molecule has 3 atom stereocenters. The SMILES string of the molecule is CO[C@H]1CC[C@@]2(OC)CCN(C(=O)c3cc4ncccn4n3)[C@H]2C1. The third kappa shape index (κ3) is 2.31. The van der Waals surface area contributed by atoms with Crippen molar-refractivity contribution in [3.8, 4) is 0 Å². The molecule has 2 aliphatic rings. The fourth-order valence-electron chi connectivity index (χ4n) is 4.20. The van der Waals surface area contributed by atoms with E-state index in [9.17, 15) is 4.79 Å². The lowest BCUT2D eigenvalue weighted by atomic mass is 9.79. The number of fused-ring (bicyclic) bond motifs is 2. The van der Waals surface area contributed by atoms with Gasteiger partial charge in [-0.05, 0) is 31.7 Å². The van der Waals surface area contributed by atoms with Gasteiger partial charge in [-0.15, -0.1) is 0 Å². The molecule has 0 N–H and O–H groups in total. The Morgan fingerprint density at radius 2 is 2.25 bits per heavy atom. The molecule has 4 rings (SSSR count). The molecule has 0 spiro atoms. The topological polar surface area (TPSA) is 69.0 Å². The highest BCUT2D eigenvalue weighted by Crippen LogP contribution is 2.43. The van der Waals surface area contributed by atoms with E-state index in [1.54, 1.807) is 43.3 Å². The number of aromatic nitrogens is 3. The number of hydrogen-bond donors (Lipinski definition) is 0. The molecular weight excluding hydrogens is 308 g/mol. The average molecular weight is 330 g/mol. The van der Waals surface area contributed by atoms with Gasteiger partial charge < -0.3 is 14.4 Å². The molecule has 0 bridgehead atoms. The van der Waals surface area contributed by atoms with Crippen molar-refractivity contribution in [3.63, 3.8) is 0 Å². The highest BCUT2D eigenvalue weighted by atomic mass is 16.5. The first kappa shape index (κ1) is 15.5. The molecule has 128 valence electrons. The van der Waals surface area contributed by atoms with Crippen LogP contribution in [0.4, 0.5) is 0 Å². The Bertz CT molecular complexity index is 728. The van der Waals surface area contributed by atoms with Crippen LogP contribution >= 0.6 is 0 Å². The molecular formula is C17H22N4O3. The van der Waals surface area contributed by atoms with Crippen LogP contribution in [0.15, 0.2) is 24.5 Å². The minimum Gasteiger partial charge on any atom is -0.381 e. The number of methoxy groups -OCH3 is 2. The average Bonchev–Trinajstić information content (AvgIpc) is 3.22. The van der Waals surface area contributed by atoms with E-state index < -0.39 is 0 Å². The Morgan fingerprint density at radius 3 is 3.00 bits per heavy atom. The number of carbonyl (C=O) groups is 1. The molecule has 7 heteroatoms. The van der Waals surface area contributed by atoms with E-state index in [1.807, 2.05) is 4.90 Å². The molecule has 2 aromatic rings. The summed E-state index contributed by atoms with van der Waals surface area (Å²) in [6.07, 6.45) is 7.23. The van der Waals surface area contributed by atoms with Crippen LogP contribution in [0, 0.1) is 0 Å².